The number of aryl methyl sites for hydroxylation is 1. The monoisotopic (exact) mass is 340 g/mol. The predicted molar refractivity (Wildman–Crippen MR) is 75.8 cm³/mol. The molecule has 0 aliphatic carbocycles. The molecule has 100 valence electrons. The quantitative estimate of drug-likeness (QED) is 0.667. The van der Waals surface area contributed by atoms with Gasteiger partial charge in [0.25, 0.3) is 0 Å². The maximum absolute atomic E-state index is 5.71. The topological polar surface area (TPSA) is 82.5 Å². The molecule has 0 fully saturated rings. The molecule has 0 amide bonds. The highest BCUT2D eigenvalue weighted by molar-refractivity contribution is 9.10. The van der Waals surface area contributed by atoms with Crippen molar-refractivity contribution in [2.45, 2.75) is 42.5 Å². The molecule has 3 rings (SSSR count). The Kier molecular flexibility index (Phi) is 3.69. The Morgan fingerprint density at radius 1 is 1.21 bits per heavy atom. The maximum atomic E-state index is 5.71. The van der Waals surface area contributed by atoms with Gasteiger partial charge in [0.2, 0.25) is 0 Å². The molecule has 0 bridgehead atoms. The van der Waals surface area contributed by atoms with Crippen molar-refractivity contribution in [3.8, 4) is 0 Å². The third-order valence-corrected chi connectivity index (χ3v) is 4.21. The van der Waals surface area contributed by atoms with Crippen molar-refractivity contribution in [2.24, 2.45) is 0 Å². The van der Waals surface area contributed by atoms with Gasteiger partial charge in [-0.25, -0.2) is 9.97 Å². The molecule has 1 aliphatic heterocycles. The number of aromatic nitrogens is 5. The summed E-state index contributed by atoms with van der Waals surface area (Å²) < 4.78 is 2.84. The molecule has 1 aliphatic rings. The first-order chi connectivity index (χ1) is 9.22. The molecule has 0 saturated carbocycles. The number of hydrogen-bond acceptors (Lipinski definition) is 6. The molecular weight excluding hydrogens is 328 g/mol. The SMILES string of the molecule is Nc1cc(Br)nc(Sc2nnc3n2CCCCC3)n1. The van der Waals surface area contributed by atoms with Crippen LogP contribution in [0.5, 0.6) is 0 Å². The fourth-order valence-electron chi connectivity index (χ4n) is 2.07. The number of fused-ring (bicyclic) bond motifs is 1. The van der Waals surface area contributed by atoms with E-state index in [0.717, 1.165) is 23.9 Å². The van der Waals surface area contributed by atoms with Crippen LogP contribution < -0.4 is 5.73 Å². The van der Waals surface area contributed by atoms with Crippen LogP contribution in [0.2, 0.25) is 0 Å². The molecule has 0 saturated heterocycles. The predicted octanol–water partition coefficient (Wildman–Crippen LogP) is 2.29. The third kappa shape index (κ3) is 2.89. The lowest BCUT2D eigenvalue weighted by atomic mass is 10.2. The minimum absolute atomic E-state index is 0.444. The van der Waals surface area contributed by atoms with E-state index in [9.17, 15) is 0 Å². The summed E-state index contributed by atoms with van der Waals surface area (Å²) >= 11 is 4.72. The van der Waals surface area contributed by atoms with Gasteiger partial charge in [0.1, 0.15) is 16.2 Å². The molecule has 0 aromatic carbocycles. The Morgan fingerprint density at radius 3 is 2.95 bits per heavy atom. The van der Waals surface area contributed by atoms with Gasteiger partial charge in [-0.1, -0.05) is 6.42 Å². The van der Waals surface area contributed by atoms with Crippen molar-refractivity contribution in [3.63, 3.8) is 0 Å². The number of rotatable bonds is 2. The summed E-state index contributed by atoms with van der Waals surface area (Å²) in [4.78, 5) is 8.49. The van der Waals surface area contributed by atoms with Crippen LogP contribution in [0, 0.1) is 0 Å². The molecule has 0 radical (unpaired) electrons. The fraction of sp³-hybridized carbons (Fsp3) is 0.455. The van der Waals surface area contributed by atoms with Gasteiger partial charge in [-0.15, -0.1) is 10.2 Å². The summed E-state index contributed by atoms with van der Waals surface area (Å²) in [6, 6.07) is 1.67. The fourth-order valence-corrected chi connectivity index (χ4v) is 3.44. The van der Waals surface area contributed by atoms with Gasteiger partial charge >= 0.3 is 0 Å². The first-order valence-electron chi connectivity index (χ1n) is 6.12. The average Bonchev–Trinajstić information content (AvgIpc) is 2.59. The number of anilines is 1. The normalized spacial score (nSPS) is 15.0. The van der Waals surface area contributed by atoms with Crippen LogP contribution in [0.4, 0.5) is 5.82 Å². The van der Waals surface area contributed by atoms with Crippen LogP contribution in [0.25, 0.3) is 0 Å². The zero-order valence-corrected chi connectivity index (χ0v) is 12.6. The van der Waals surface area contributed by atoms with Crippen LogP contribution in [0.1, 0.15) is 25.1 Å². The van der Waals surface area contributed by atoms with Crippen molar-refractivity contribution in [3.05, 3.63) is 16.5 Å². The smallest absolute Gasteiger partial charge is 0.199 e. The molecule has 19 heavy (non-hydrogen) atoms. The van der Waals surface area contributed by atoms with E-state index < -0.39 is 0 Å². The van der Waals surface area contributed by atoms with Gasteiger partial charge in [0.15, 0.2) is 10.3 Å². The van der Waals surface area contributed by atoms with E-state index >= 15 is 0 Å². The number of hydrogen-bond donors (Lipinski definition) is 1. The highest BCUT2D eigenvalue weighted by atomic mass is 79.9. The molecule has 2 N–H and O–H groups in total. The second-order valence-corrected chi connectivity index (χ2v) is 6.11. The van der Waals surface area contributed by atoms with Crippen molar-refractivity contribution >= 4 is 33.5 Å². The lowest BCUT2D eigenvalue weighted by Gasteiger charge is -2.05. The Balaban J connectivity index is 1.89. The van der Waals surface area contributed by atoms with E-state index in [-0.39, 0.29) is 0 Å². The number of nitrogens with two attached hydrogens (primary N) is 1. The summed E-state index contributed by atoms with van der Waals surface area (Å²) in [7, 11) is 0. The van der Waals surface area contributed by atoms with Crippen molar-refractivity contribution in [2.75, 3.05) is 5.73 Å². The molecule has 0 unspecified atom stereocenters. The summed E-state index contributed by atoms with van der Waals surface area (Å²) in [5.74, 6) is 1.50. The summed E-state index contributed by atoms with van der Waals surface area (Å²) in [6.45, 7) is 0.966. The number of nitrogens with zero attached hydrogens (tertiary/aromatic N) is 5. The molecule has 2 aromatic rings. The molecule has 0 spiro atoms. The van der Waals surface area contributed by atoms with Gasteiger partial charge < -0.3 is 10.3 Å². The second-order valence-electron chi connectivity index (χ2n) is 4.36. The van der Waals surface area contributed by atoms with Crippen LogP contribution >= 0.6 is 27.7 Å². The van der Waals surface area contributed by atoms with Crippen molar-refractivity contribution < 1.29 is 0 Å². The van der Waals surface area contributed by atoms with E-state index in [1.165, 1.54) is 31.0 Å². The first-order valence-corrected chi connectivity index (χ1v) is 7.73. The summed E-state index contributed by atoms with van der Waals surface area (Å²) in [5, 5.41) is 9.92. The van der Waals surface area contributed by atoms with Gasteiger partial charge in [-0.3, -0.25) is 0 Å². The van der Waals surface area contributed by atoms with E-state index in [1.54, 1.807) is 6.07 Å². The highest BCUT2D eigenvalue weighted by Crippen LogP contribution is 2.27. The molecule has 3 heterocycles. The zero-order valence-electron chi connectivity index (χ0n) is 10.2. The van der Waals surface area contributed by atoms with Crippen LogP contribution in [-0.4, -0.2) is 24.7 Å². The van der Waals surface area contributed by atoms with Crippen LogP contribution in [0.15, 0.2) is 21.0 Å². The lowest BCUT2D eigenvalue weighted by Crippen LogP contribution is -2.03. The summed E-state index contributed by atoms with van der Waals surface area (Å²) in [5.41, 5.74) is 5.71. The molecule has 2 aromatic heterocycles. The molecule has 8 heteroatoms. The Labute approximate surface area is 123 Å². The zero-order chi connectivity index (χ0) is 13.2. The largest absolute Gasteiger partial charge is 0.384 e. The highest BCUT2D eigenvalue weighted by Gasteiger charge is 2.16. The van der Waals surface area contributed by atoms with Crippen LogP contribution in [0.3, 0.4) is 0 Å². The molecular formula is C11H13BrN6S. The first kappa shape index (κ1) is 12.9. The number of halogens is 1. The van der Waals surface area contributed by atoms with Gasteiger partial charge in [-0.2, -0.15) is 0 Å². The van der Waals surface area contributed by atoms with Gasteiger partial charge in [-0.05, 0) is 40.5 Å². The third-order valence-electron chi connectivity index (χ3n) is 2.95. The van der Waals surface area contributed by atoms with Crippen molar-refractivity contribution in [1.29, 1.82) is 0 Å². The van der Waals surface area contributed by atoms with E-state index in [2.05, 4.69) is 40.7 Å². The van der Waals surface area contributed by atoms with Crippen molar-refractivity contribution in [1.82, 2.24) is 24.7 Å². The Bertz CT molecular complexity index is 579. The van der Waals surface area contributed by atoms with Gasteiger partial charge in [0.05, 0.1) is 0 Å². The second kappa shape index (κ2) is 5.46. The lowest BCUT2D eigenvalue weighted by molar-refractivity contribution is 0.590. The van der Waals surface area contributed by atoms with Gasteiger partial charge in [0, 0.05) is 19.0 Å². The average molecular weight is 341 g/mol. The van der Waals surface area contributed by atoms with E-state index in [4.69, 9.17) is 5.73 Å². The van der Waals surface area contributed by atoms with E-state index in [1.807, 2.05) is 0 Å². The minimum atomic E-state index is 0.444. The summed E-state index contributed by atoms with van der Waals surface area (Å²) in [6.07, 6.45) is 4.59. The minimum Gasteiger partial charge on any atom is -0.384 e. The molecule has 0 atom stereocenters. The maximum Gasteiger partial charge on any atom is 0.199 e. The van der Waals surface area contributed by atoms with E-state index in [0.29, 0.717) is 15.6 Å². The molecule has 6 nitrogen and oxygen atoms in total. The standard InChI is InChI=1S/C11H13BrN6S/c12-7-6-8(13)15-10(14-7)19-11-17-16-9-4-2-1-3-5-18(9)11/h6H,1-5H2,(H2,13,14,15). The van der Waals surface area contributed by atoms with Crippen LogP contribution in [-0.2, 0) is 13.0 Å². The Hall–Kier alpha value is -1.15. The Morgan fingerprint density at radius 2 is 2.11 bits per heavy atom. The number of nitrogen functional groups attached to an aromatic ring is 1.